The van der Waals surface area contributed by atoms with Gasteiger partial charge in [-0.05, 0) is 51.0 Å². The molecule has 3 rings (SSSR count). The number of benzene rings is 1. The van der Waals surface area contributed by atoms with Crippen LogP contribution in [0, 0.1) is 13.8 Å². The number of carbonyl (C=O) groups is 1. The fourth-order valence-electron chi connectivity index (χ4n) is 3.16. The largest absolute Gasteiger partial charge is 0.342 e. The average Bonchev–Trinajstić information content (AvgIpc) is 3.22. The van der Waals surface area contributed by atoms with Crippen molar-refractivity contribution in [1.82, 2.24) is 29.9 Å². The van der Waals surface area contributed by atoms with Crippen LogP contribution in [0.25, 0.3) is 0 Å². The third-order valence-electron chi connectivity index (χ3n) is 4.44. The molecule has 0 radical (unpaired) electrons. The predicted octanol–water partition coefficient (Wildman–Crippen LogP) is 3.04. The van der Waals surface area contributed by atoms with E-state index in [1.807, 2.05) is 60.5 Å². The highest BCUT2D eigenvalue weighted by molar-refractivity contribution is 5.94. The Morgan fingerprint density at radius 1 is 1.22 bits per heavy atom. The summed E-state index contributed by atoms with van der Waals surface area (Å²) in [5.41, 5.74) is 3.76. The second-order valence-corrected chi connectivity index (χ2v) is 6.82. The number of amides is 1. The third-order valence-corrected chi connectivity index (χ3v) is 4.44. The van der Waals surface area contributed by atoms with Gasteiger partial charge in [0.05, 0.1) is 18.3 Å². The zero-order chi connectivity index (χ0) is 19.4. The molecule has 0 bridgehead atoms. The van der Waals surface area contributed by atoms with Crippen LogP contribution in [0.4, 0.5) is 0 Å². The monoisotopic (exact) mass is 366 g/mol. The van der Waals surface area contributed by atoms with E-state index in [0.29, 0.717) is 12.1 Å². The van der Waals surface area contributed by atoms with Gasteiger partial charge in [0.2, 0.25) is 0 Å². The molecule has 2 aromatic heterocycles. The van der Waals surface area contributed by atoms with E-state index in [4.69, 9.17) is 0 Å². The zero-order valence-corrected chi connectivity index (χ0v) is 16.3. The van der Waals surface area contributed by atoms with Gasteiger partial charge < -0.3 is 5.32 Å². The minimum atomic E-state index is -0.216. The molecular formula is C20H26N6O. The Kier molecular flexibility index (Phi) is 5.69. The number of aromatic nitrogens is 5. The Hall–Kier alpha value is -2.96. The minimum Gasteiger partial charge on any atom is -0.342 e. The number of nitrogens with zero attached hydrogens (tertiary/aromatic N) is 5. The molecule has 2 heterocycles. The van der Waals surface area contributed by atoms with Crippen molar-refractivity contribution in [3.05, 3.63) is 65.0 Å². The molecule has 142 valence electrons. The first-order valence-electron chi connectivity index (χ1n) is 9.26. The maximum atomic E-state index is 12.7. The van der Waals surface area contributed by atoms with Crippen molar-refractivity contribution < 1.29 is 4.79 Å². The quantitative estimate of drug-likeness (QED) is 0.697. The number of hydrogen-bond donors (Lipinski definition) is 1. The third kappa shape index (κ3) is 4.42. The van der Waals surface area contributed by atoms with Crippen LogP contribution in [0.3, 0.4) is 0 Å². The summed E-state index contributed by atoms with van der Waals surface area (Å²) in [5, 5.41) is 11.7. The van der Waals surface area contributed by atoms with Crippen molar-refractivity contribution in [2.45, 2.75) is 53.2 Å². The van der Waals surface area contributed by atoms with Crippen LogP contribution >= 0.6 is 0 Å². The van der Waals surface area contributed by atoms with E-state index < -0.39 is 0 Å². The van der Waals surface area contributed by atoms with Gasteiger partial charge in [0.15, 0.2) is 0 Å². The molecule has 1 aromatic carbocycles. The van der Waals surface area contributed by atoms with E-state index in [9.17, 15) is 4.79 Å². The highest BCUT2D eigenvalue weighted by atomic mass is 16.1. The summed E-state index contributed by atoms with van der Waals surface area (Å²) in [6.45, 7) is 9.45. The Morgan fingerprint density at radius 3 is 2.74 bits per heavy atom. The standard InChI is InChI=1S/C20H26N6O/c1-5-9-25-19(21-13-22-25)16(4)23-20(27)18-8-6-7-17(11-18)12-26-15(3)10-14(2)24-26/h6-8,10-11,13,16H,5,9,12H2,1-4H3,(H,23,27)/t16-/m1/s1. The van der Waals surface area contributed by atoms with Gasteiger partial charge in [-0.2, -0.15) is 10.2 Å². The first-order valence-corrected chi connectivity index (χ1v) is 9.26. The summed E-state index contributed by atoms with van der Waals surface area (Å²) < 4.78 is 3.78. The van der Waals surface area contributed by atoms with Crippen LogP contribution in [0.5, 0.6) is 0 Å². The number of hydrogen-bond acceptors (Lipinski definition) is 4. The molecule has 0 saturated carbocycles. The molecule has 7 nitrogen and oxygen atoms in total. The van der Waals surface area contributed by atoms with E-state index in [1.54, 1.807) is 0 Å². The molecule has 0 aliphatic carbocycles. The Bertz CT molecular complexity index is 926. The predicted molar refractivity (Wildman–Crippen MR) is 103 cm³/mol. The van der Waals surface area contributed by atoms with Crippen LogP contribution in [-0.4, -0.2) is 30.5 Å². The van der Waals surface area contributed by atoms with E-state index in [0.717, 1.165) is 35.7 Å². The van der Waals surface area contributed by atoms with Gasteiger partial charge in [-0.1, -0.05) is 19.1 Å². The first-order chi connectivity index (χ1) is 13.0. The summed E-state index contributed by atoms with van der Waals surface area (Å²) in [7, 11) is 0. The summed E-state index contributed by atoms with van der Waals surface area (Å²) >= 11 is 0. The lowest BCUT2D eigenvalue weighted by atomic mass is 10.1. The zero-order valence-electron chi connectivity index (χ0n) is 16.3. The van der Waals surface area contributed by atoms with Crippen molar-refractivity contribution in [2.75, 3.05) is 0 Å². The molecule has 1 amide bonds. The van der Waals surface area contributed by atoms with Crippen LogP contribution in [0.15, 0.2) is 36.7 Å². The molecule has 0 spiro atoms. The van der Waals surface area contributed by atoms with Gasteiger partial charge in [-0.15, -0.1) is 0 Å². The first kappa shape index (κ1) is 18.8. The molecule has 1 atom stereocenters. The van der Waals surface area contributed by atoms with E-state index in [1.165, 1.54) is 6.33 Å². The van der Waals surface area contributed by atoms with Gasteiger partial charge in [-0.3, -0.25) is 9.48 Å². The summed E-state index contributed by atoms with van der Waals surface area (Å²) in [4.78, 5) is 17.0. The molecule has 0 saturated heterocycles. The van der Waals surface area contributed by atoms with Gasteiger partial charge in [0.1, 0.15) is 12.2 Å². The highest BCUT2D eigenvalue weighted by Gasteiger charge is 2.16. The van der Waals surface area contributed by atoms with Crippen LogP contribution in [0.2, 0.25) is 0 Å². The van der Waals surface area contributed by atoms with E-state index >= 15 is 0 Å². The molecule has 0 aliphatic rings. The molecule has 7 heteroatoms. The van der Waals surface area contributed by atoms with Crippen molar-refractivity contribution in [2.24, 2.45) is 0 Å². The second-order valence-electron chi connectivity index (χ2n) is 6.82. The van der Waals surface area contributed by atoms with E-state index in [-0.39, 0.29) is 11.9 Å². The fourth-order valence-corrected chi connectivity index (χ4v) is 3.16. The topological polar surface area (TPSA) is 77.6 Å². The SMILES string of the molecule is CCCn1ncnc1[C@@H](C)NC(=O)c1cccc(Cn2nc(C)cc2C)c1. The highest BCUT2D eigenvalue weighted by Crippen LogP contribution is 2.13. The normalized spacial score (nSPS) is 12.1. The lowest BCUT2D eigenvalue weighted by molar-refractivity contribution is 0.0937. The van der Waals surface area contributed by atoms with Crippen LogP contribution in [0.1, 0.15) is 59.4 Å². The van der Waals surface area contributed by atoms with Gasteiger partial charge >= 0.3 is 0 Å². The molecule has 0 unspecified atom stereocenters. The molecule has 0 fully saturated rings. The maximum absolute atomic E-state index is 12.7. The van der Waals surface area contributed by atoms with Crippen molar-refractivity contribution in [3.63, 3.8) is 0 Å². The van der Waals surface area contributed by atoms with Gasteiger partial charge in [0.25, 0.3) is 5.91 Å². The number of nitrogens with one attached hydrogen (secondary N) is 1. The van der Waals surface area contributed by atoms with Gasteiger partial charge in [0, 0.05) is 17.8 Å². The fraction of sp³-hybridized carbons (Fsp3) is 0.400. The van der Waals surface area contributed by atoms with Gasteiger partial charge in [-0.25, -0.2) is 9.67 Å². The molecule has 0 aliphatic heterocycles. The lowest BCUT2D eigenvalue weighted by Crippen LogP contribution is -2.29. The second kappa shape index (κ2) is 8.16. The minimum absolute atomic E-state index is 0.122. The number of rotatable bonds is 7. The molecule has 27 heavy (non-hydrogen) atoms. The molecule has 1 N–H and O–H groups in total. The molecular weight excluding hydrogens is 340 g/mol. The Labute approximate surface area is 159 Å². The summed E-state index contributed by atoms with van der Waals surface area (Å²) in [6.07, 6.45) is 2.49. The van der Waals surface area contributed by atoms with Crippen LogP contribution < -0.4 is 5.32 Å². The molecule has 3 aromatic rings. The average molecular weight is 366 g/mol. The van der Waals surface area contributed by atoms with Crippen molar-refractivity contribution >= 4 is 5.91 Å². The Balaban J connectivity index is 1.71. The number of aryl methyl sites for hydroxylation is 3. The van der Waals surface area contributed by atoms with Crippen molar-refractivity contribution in [3.8, 4) is 0 Å². The summed E-state index contributed by atoms with van der Waals surface area (Å²) in [6, 6.07) is 9.48. The Morgan fingerprint density at radius 2 is 2.04 bits per heavy atom. The van der Waals surface area contributed by atoms with E-state index in [2.05, 4.69) is 27.4 Å². The number of carbonyl (C=O) groups excluding carboxylic acids is 1. The van der Waals surface area contributed by atoms with Crippen LogP contribution in [-0.2, 0) is 13.1 Å². The summed E-state index contributed by atoms with van der Waals surface area (Å²) in [5.74, 6) is 0.646. The van der Waals surface area contributed by atoms with Crippen molar-refractivity contribution in [1.29, 1.82) is 0 Å². The smallest absolute Gasteiger partial charge is 0.251 e. The maximum Gasteiger partial charge on any atom is 0.251 e. The lowest BCUT2D eigenvalue weighted by Gasteiger charge is -2.15.